The van der Waals surface area contributed by atoms with Crippen molar-refractivity contribution in [3.8, 4) is 0 Å². The highest BCUT2D eigenvalue weighted by atomic mass is 16.5. The van der Waals surface area contributed by atoms with Crippen LogP contribution in [0.1, 0.15) is 23.2 Å². The van der Waals surface area contributed by atoms with E-state index in [1.807, 2.05) is 0 Å². The molecule has 2 bridgehead atoms. The van der Waals surface area contributed by atoms with E-state index in [1.54, 1.807) is 22.8 Å². The predicted octanol–water partition coefficient (Wildman–Crippen LogP) is 0.800. The molecule has 0 amide bonds. The summed E-state index contributed by atoms with van der Waals surface area (Å²) in [4.78, 5) is 29.7. The first kappa shape index (κ1) is 16.4. The number of aromatic nitrogens is 2. The van der Waals surface area contributed by atoms with E-state index in [9.17, 15) is 9.59 Å². The van der Waals surface area contributed by atoms with Crippen molar-refractivity contribution >= 4 is 17.0 Å². The van der Waals surface area contributed by atoms with E-state index in [1.165, 1.54) is 33.0 Å². The number of fused-ring (bicyclic) bond motifs is 4. The summed E-state index contributed by atoms with van der Waals surface area (Å²) in [6.07, 6.45) is 2.52. The number of nitrogens with one attached hydrogen (secondary N) is 2. The minimum atomic E-state index is -0.427. The van der Waals surface area contributed by atoms with E-state index >= 15 is 0 Å². The van der Waals surface area contributed by atoms with Crippen LogP contribution in [-0.4, -0.2) is 59.8 Å². The van der Waals surface area contributed by atoms with Gasteiger partial charge in [0.05, 0.1) is 23.7 Å². The molecule has 0 aliphatic carbocycles. The molecule has 3 aliphatic rings. The van der Waals surface area contributed by atoms with Crippen molar-refractivity contribution in [3.05, 3.63) is 34.2 Å². The van der Waals surface area contributed by atoms with Crippen molar-refractivity contribution in [1.29, 1.82) is 0 Å². The van der Waals surface area contributed by atoms with Gasteiger partial charge in [-0.2, -0.15) is 0 Å². The molecule has 0 unspecified atom stereocenters. The number of esters is 1. The van der Waals surface area contributed by atoms with E-state index in [0.29, 0.717) is 35.7 Å². The van der Waals surface area contributed by atoms with E-state index in [-0.39, 0.29) is 5.69 Å². The van der Waals surface area contributed by atoms with Crippen LogP contribution < -0.4 is 11.0 Å². The van der Waals surface area contributed by atoms with Crippen LogP contribution in [-0.2, 0) is 11.3 Å². The smallest absolute Gasteiger partial charge is 0.340 e. The van der Waals surface area contributed by atoms with E-state index in [4.69, 9.17) is 4.74 Å². The molecule has 134 valence electrons. The third kappa shape index (κ3) is 2.98. The molecule has 1 aromatic heterocycles. The van der Waals surface area contributed by atoms with Gasteiger partial charge in [-0.25, -0.2) is 9.59 Å². The fourth-order valence-electron chi connectivity index (χ4n) is 4.27. The average Bonchev–Trinajstić information content (AvgIpc) is 2.97. The summed E-state index contributed by atoms with van der Waals surface area (Å²) < 4.78 is 6.49. The summed E-state index contributed by atoms with van der Waals surface area (Å²) in [7, 11) is 1.35. The molecule has 3 fully saturated rings. The van der Waals surface area contributed by atoms with Crippen LogP contribution in [0.5, 0.6) is 0 Å². The van der Waals surface area contributed by atoms with Gasteiger partial charge < -0.3 is 19.9 Å². The largest absolute Gasteiger partial charge is 0.465 e. The molecular weight excluding hydrogens is 320 g/mol. The molecule has 7 heteroatoms. The number of benzene rings is 1. The van der Waals surface area contributed by atoms with Gasteiger partial charge in [-0.05, 0) is 44.0 Å². The van der Waals surface area contributed by atoms with E-state index in [2.05, 4.69) is 15.2 Å². The van der Waals surface area contributed by atoms with Gasteiger partial charge in [0.1, 0.15) is 0 Å². The van der Waals surface area contributed by atoms with Gasteiger partial charge in [0.15, 0.2) is 0 Å². The minimum Gasteiger partial charge on any atom is -0.465 e. The van der Waals surface area contributed by atoms with E-state index in [0.717, 1.165) is 12.5 Å². The van der Waals surface area contributed by atoms with E-state index < -0.39 is 5.97 Å². The highest BCUT2D eigenvalue weighted by Gasteiger charge is 2.33. The van der Waals surface area contributed by atoms with Gasteiger partial charge in [-0.15, -0.1) is 0 Å². The number of hydrogen-bond acceptors (Lipinski definition) is 5. The van der Waals surface area contributed by atoms with Gasteiger partial charge in [-0.1, -0.05) is 6.07 Å². The Morgan fingerprint density at radius 1 is 1.36 bits per heavy atom. The molecule has 0 radical (unpaired) electrons. The van der Waals surface area contributed by atoms with Gasteiger partial charge >= 0.3 is 11.7 Å². The lowest BCUT2D eigenvalue weighted by molar-refractivity contribution is 0.0602. The normalized spacial score (nSPS) is 25.4. The number of H-pyrrole nitrogens is 1. The number of methoxy groups -OCH3 is 1. The predicted molar refractivity (Wildman–Crippen MR) is 94.9 cm³/mol. The fraction of sp³-hybridized carbons (Fsp3) is 0.556. The van der Waals surface area contributed by atoms with Crippen molar-refractivity contribution in [2.24, 2.45) is 5.92 Å². The zero-order valence-corrected chi connectivity index (χ0v) is 14.5. The molecule has 1 atom stereocenters. The zero-order chi connectivity index (χ0) is 17.4. The van der Waals surface area contributed by atoms with Crippen molar-refractivity contribution in [2.75, 3.05) is 33.3 Å². The second kappa shape index (κ2) is 6.65. The topological polar surface area (TPSA) is 79.4 Å². The van der Waals surface area contributed by atoms with Crippen LogP contribution in [0.2, 0.25) is 0 Å². The SMILES string of the molecule is COC(=O)c1cccc2[nH]c(=O)n(CCN[C@@H]3CN4CCC3CC4)c12. The van der Waals surface area contributed by atoms with Gasteiger partial charge in [0.25, 0.3) is 0 Å². The maximum atomic E-state index is 12.3. The number of rotatable bonds is 5. The number of piperidine rings is 3. The molecule has 5 rings (SSSR count). The number of carbonyl (C=O) groups excluding carboxylic acids is 1. The van der Waals surface area contributed by atoms with Crippen LogP contribution in [0, 0.1) is 5.92 Å². The maximum Gasteiger partial charge on any atom is 0.340 e. The summed E-state index contributed by atoms with van der Waals surface area (Å²) in [5.41, 5.74) is 1.51. The molecule has 2 N–H and O–H groups in total. The van der Waals surface area contributed by atoms with Crippen LogP contribution in [0.4, 0.5) is 0 Å². The zero-order valence-electron chi connectivity index (χ0n) is 14.5. The number of nitrogens with zero attached hydrogens (tertiary/aromatic N) is 2. The molecule has 1 aromatic carbocycles. The number of carbonyl (C=O) groups is 1. The second-order valence-electron chi connectivity index (χ2n) is 6.97. The van der Waals surface area contributed by atoms with Crippen molar-refractivity contribution in [2.45, 2.75) is 25.4 Å². The van der Waals surface area contributed by atoms with Crippen molar-refractivity contribution in [1.82, 2.24) is 19.8 Å². The van der Waals surface area contributed by atoms with Crippen LogP contribution in [0.15, 0.2) is 23.0 Å². The first-order chi connectivity index (χ1) is 12.2. The Morgan fingerprint density at radius 2 is 2.16 bits per heavy atom. The number of imidazole rings is 1. The lowest BCUT2D eigenvalue weighted by atomic mass is 9.84. The third-order valence-electron chi connectivity index (χ3n) is 5.60. The first-order valence-corrected chi connectivity index (χ1v) is 8.93. The van der Waals surface area contributed by atoms with Crippen LogP contribution in [0.3, 0.4) is 0 Å². The van der Waals surface area contributed by atoms with Gasteiger partial charge in [0, 0.05) is 25.7 Å². The van der Waals surface area contributed by atoms with Crippen LogP contribution in [0.25, 0.3) is 11.0 Å². The Kier molecular flexibility index (Phi) is 4.35. The summed E-state index contributed by atoms with van der Waals surface area (Å²) in [6.45, 7) is 4.76. The summed E-state index contributed by atoms with van der Waals surface area (Å²) in [5, 5.41) is 3.61. The lowest BCUT2D eigenvalue weighted by Crippen LogP contribution is -2.56. The number of hydrogen-bond donors (Lipinski definition) is 2. The highest BCUT2D eigenvalue weighted by molar-refractivity contribution is 6.02. The Labute approximate surface area is 146 Å². The molecular formula is C18H24N4O3. The number of aromatic amines is 1. The molecule has 25 heavy (non-hydrogen) atoms. The van der Waals surface area contributed by atoms with Crippen molar-refractivity contribution in [3.63, 3.8) is 0 Å². The monoisotopic (exact) mass is 344 g/mol. The van der Waals surface area contributed by atoms with Gasteiger partial charge in [0.2, 0.25) is 0 Å². The Bertz CT molecular complexity index is 832. The highest BCUT2D eigenvalue weighted by Crippen LogP contribution is 2.27. The average molecular weight is 344 g/mol. The summed E-state index contributed by atoms with van der Waals surface area (Å²) >= 11 is 0. The standard InChI is InChI=1S/C18H24N4O3/c1-25-17(23)13-3-2-4-14-16(13)22(18(24)20-14)10-7-19-15-11-21-8-5-12(15)6-9-21/h2-4,12,15,19H,5-11H2,1H3,(H,20,24)/t15-/m1/s1. The number of ether oxygens (including phenoxy) is 1. The quantitative estimate of drug-likeness (QED) is 0.785. The molecule has 2 aromatic rings. The minimum absolute atomic E-state index is 0.193. The van der Waals surface area contributed by atoms with Gasteiger partial charge in [-0.3, -0.25) is 4.57 Å². The molecule has 3 saturated heterocycles. The van der Waals surface area contributed by atoms with Crippen LogP contribution >= 0.6 is 0 Å². The Morgan fingerprint density at radius 3 is 2.84 bits per heavy atom. The second-order valence-corrected chi connectivity index (χ2v) is 6.97. The Hall–Kier alpha value is -2.12. The third-order valence-corrected chi connectivity index (χ3v) is 5.60. The fourth-order valence-corrected chi connectivity index (χ4v) is 4.27. The summed E-state index contributed by atoms with van der Waals surface area (Å²) in [5.74, 6) is 0.319. The molecule has 3 aliphatic heterocycles. The molecule has 0 saturated carbocycles. The first-order valence-electron chi connectivity index (χ1n) is 8.93. The lowest BCUT2D eigenvalue weighted by Gasteiger charge is -2.45. The summed E-state index contributed by atoms with van der Waals surface area (Å²) in [6, 6.07) is 5.75. The van der Waals surface area contributed by atoms with Crippen molar-refractivity contribution < 1.29 is 9.53 Å². The molecule has 7 nitrogen and oxygen atoms in total. The maximum absolute atomic E-state index is 12.3. The molecule has 4 heterocycles. The number of para-hydroxylation sites is 1. The Balaban J connectivity index is 1.52. The molecule has 0 spiro atoms.